The number of quaternary nitrogens is 1. The highest BCUT2D eigenvalue weighted by molar-refractivity contribution is 6.46. The van der Waals surface area contributed by atoms with Crippen molar-refractivity contribution >= 4 is 17.4 Å². The van der Waals surface area contributed by atoms with Crippen molar-refractivity contribution in [3.8, 4) is 17.2 Å². The third-order valence-corrected chi connectivity index (χ3v) is 6.52. The van der Waals surface area contributed by atoms with Crippen molar-refractivity contribution in [2.24, 2.45) is 0 Å². The Kier molecular flexibility index (Phi) is 8.76. The van der Waals surface area contributed by atoms with E-state index in [9.17, 15) is 14.7 Å². The zero-order valence-corrected chi connectivity index (χ0v) is 21.1. The topological polar surface area (TPSA) is 92.6 Å². The summed E-state index contributed by atoms with van der Waals surface area (Å²) in [7, 11) is 4.55. The molecule has 8 heteroatoms. The van der Waals surface area contributed by atoms with Crippen LogP contribution in [0.2, 0.25) is 0 Å². The smallest absolute Gasteiger partial charge is 0.295 e. The van der Waals surface area contributed by atoms with Crippen LogP contribution in [0.25, 0.3) is 5.76 Å². The summed E-state index contributed by atoms with van der Waals surface area (Å²) in [4.78, 5) is 29.4. The Morgan fingerprint density at radius 2 is 1.66 bits per heavy atom. The lowest BCUT2D eigenvalue weighted by Crippen LogP contribution is -3.11. The van der Waals surface area contributed by atoms with Gasteiger partial charge in [-0.05, 0) is 49.7 Å². The Bertz CT molecular complexity index is 1090. The molecular weight excluding hydrogens is 448 g/mol. The summed E-state index contributed by atoms with van der Waals surface area (Å²) < 4.78 is 16.2. The van der Waals surface area contributed by atoms with Gasteiger partial charge < -0.3 is 29.1 Å². The summed E-state index contributed by atoms with van der Waals surface area (Å²) >= 11 is 0. The lowest BCUT2D eigenvalue weighted by molar-refractivity contribution is -0.896. The molecule has 0 aromatic heterocycles. The van der Waals surface area contributed by atoms with Crippen LogP contribution in [-0.2, 0) is 9.59 Å². The van der Waals surface area contributed by atoms with Crippen molar-refractivity contribution in [1.82, 2.24) is 4.90 Å². The summed E-state index contributed by atoms with van der Waals surface area (Å²) in [5, 5.41) is 13.7. The Labute approximate surface area is 206 Å². The van der Waals surface area contributed by atoms with E-state index in [-0.39, 0.29) is 11.1 Å². The number of ketones is 1. The molecular formula is C27H34N2O6. The number of nitrogens with one attached hydrogen (secondary N) is 1. The normalized spacial score (nSPS) is 17.2. The van der Waals surface area contributed by atoms with E-state index in [1.54, 1.807) is 42.5 Å². The first-order valence-electron chi connectivity index (χ1n) is 11.9. The molecule has 3 rings (SSSR count). The predicted octanol–water partition coefficient (Wildman–Crippen LogP) is 1.25. The summed E-state index contributed by atoms with van der Waals surface area (Å²) in [5.74, 6) is -0.484. The SMILES string of the molecule is CC[NH+](CC)CCCN1C(=O)C(=O)C(=C([O-])c2cccc(OC)c2)C1c1cc(OC)ccc1OC. The molecule has 1 aliphatic rings. The van der Waals surface area contributed by atoms with Crippen LogP contribution in [-0.4, -0.2) is 64.1 Å². The summed E-state index contributed by atoms with van der Waals surface area (Å²) in [6.07, 6.45) is 0.694. The number of rotatable bonds is 11. The van der Waals surface area contributed by atoms with E-state index in [0.717, 1.165) is 19.6 Å². The molecule has 35 heavy (non-hydrogen) atoms. The molecule has 0 saturated carbocycles. The molecule has 8 nitrogen and oxygen atoms in total. The minimum absolute atomic E-state index is 0.0926. The number of carbonyl (C=O) groups excluding carboxylic acids is 2. The molecule has 1 heterocycles. The van der Waals surface area contributed by atoms with Gasteiger partial charge in [-0.25, -0.2) is 0 Å². The number of likely N-dealkylation sites (tertiary alicyclic amines) is 1. The van der Waals surface area contributed by atoms with Gasteiger partial charge in [-0.15, -0.1) is 0 Å². The van der Waals surface area contributed by atoms with E-state index < -0.39 is 23.5 Å². The number of ether oxygens (including phenoxy) is 3. The van der Waals surface area contributed by atoms with E-state index in [0.29, 0.717) is 35.8 Å². The van der Waals surface area contributed by atoms with Crippen molar-refractivity contribution < 1.29 is 33.8 Å². The standard InChI is InChI=1S/C27H34N2O6/c1-6-28(7-2)14-9-15-29-24(21-17-20(34-4)12-13-22(21)35-5)23(26(31)27(29)32)25(30)18-10-8-11-19(16-18)33-3/h8,10-13,16-17,24,30H,6-7,9,14-15H2,1-5H3. The van der Waals surface area contributed by atoms with Crippen LogP contribution in [0.15, 0.2) is 48.0 Å². The van der Waals surface area contributed by atoms with Gasteiger partial charge in [0.15, 0.2) is 0 Å². The molecule has 1 amide bonds. The third kappa shape index (κ3) is 5.43. The van der Waals surface area contributed by atoms with Crippen LogP contribution >= 0.6 is 0 Å². The first kappa shape index (κ1) is 26.1. The number of carbonyl (C=O) groups is 2. The van der Waals surface area contributed by atoms with E-state index in [1.807, 2.05) is 0 Å². The fourth-order valence-corrected chi connectivity index (χ4v) is 4.50. The average Bonchev–Trinajstić information content (AvgIpc) is 3.15. The minimum Gasteiger partial charge on any atom is -0.872 e. The van der Waals surface area contributed by atoms with Gasteiger partial charge in [0.2, 0.25) is 5.78 Å². The minimum atomic E-state index is -0.884. The Hall–Kier alpha value is -3.52. The molecule has 0 bridgehead atoms. The number of amides is 1. The van der Waals surface area contributed by atoms with Gasteiger partial charge in [0.25, 0.3) is 5.91 Å². The maximum absolute atomic E-state index is 13.7. The highest BCUT2D eigenvalue weighted by Gasteiger charge is 2.45. The van der Waals surface area contributed by atoms with Crippen molar-refractivity contribution in [3.05, 3.63) is 59.2 Å². The average molecular weight is 483 g/mol. The summed E-state index contributed by atoms with van der Waals surface area (Å²) in [6.45, 7) is 7.38. The number of Topliss-reactive ketones (excluding diaryl/α,β-unsaturated/α-hetero) is 1. The molecule has 1 fully saturated rings. The molecule has 2 aromatic rings. The zero-order valence-electron chi connectivity index (χ0n) is 21.1. The van der Waals surface area contributed by atoms with E-state index in [4.69, 9.17) is 14.2 Å². The van der Waals surface area contributed by atoms with Gasteiger partial charge in [0.1, 0.15) is 17.2 Å². The number of hydrogen-bond acceptors (Lipinski definition) is 6. The van der Waals surface area contributed by atoms with E-state index in [1.165, 1.54) is 31.1 Å². The van der Waals surface area contributed by atoms with Crippen LogP contribution in [0.5, 0.6) is 17.2 Å². The molecule has 1 aliphatic heterocycles. The van der Waals surface area contributed by atoms with Crippen LogP contribution in [0.3, 0.4) is 0 Å². The number of methoxy groups -OCH3 is 3. The van der Waals surface area contributed by atoms with E-state index >= 15 is 0 Å². The van der Waals surface area contributed by atoms with Gasteiger partial charge >= 0.3 is 0 Å². The van der Waals surface area contributed by atoms with E-state index in [2.05, 4.69) is 13.8 Å². The number of benzene rings is 2. The molecule has 0 radical (unpaired) electrons. The lowest BCUT2D eigenvalue weighted by atomic mass is 9.94. The first-order valence-corrected chi connectivity index (χ1v) is 11.9. The second-order valence-corrected chi connectivity index (χ2v) is 8.37. The van der Waals surface area contributed by atoms with Gasteiger partial charge in [0, 0.05) is 24.1 Å². The maximum Gasteiger partial charge on any atom is 0.295 e. The number of hydrogen-bond donors (Lipinski definition) is 1. The highest BCUT2D eigenvalue weighted by atomic mass is 16.5. The largest absolute Gasteiger partial charge is 0.872 e. The maximum atomic E-state index is 13.7. The van der Waals surface area contributed by atoms with Crippen LogP contribution in [0.1, 0.15) is 37.4 Å². The lowest BCUT2D eigenvalue weighted by Gasteiger charge is -2.29. The Morgan fingerprint density at radius 1 is 0.971 bits per heavy atom. The van der Waals surface area contributed by atoms with Crippen LogP contribution in [0, 0.1) is 0 Å². The van der Waals surface area contributed by atoms with Crippen LogP contribution in [0.4, 0.5) is 0 Å². The van der Waals surface area contributed by atoms with Crippen LogP contribution < -0.4 is 24.2 Å². The molecule has 1 unspecified atom stereocenters. The fourth-order valence-electron chi connectivity index (χ4n) is 4.50. The highest BCUT2D eigenvalue weighted by Crippen LogP contribution is 2.43. The van der Waals surface area contributed by atoms with Gasteiger partial charge in [-0.1, -0.05) is 17.9 Å². The predicted molar refractivity (Wildman–Crippen MR) is 130 cm³/mol. The van der Waals surface area contributed by atoms with Crippen molar-refractivity contribution in [2.75, 3.05) is 47.5 Å². The molecule has 188 valence electrons. The first-order chi connectivity index (χ1) is 16.9. The van der Waals surface area contributed by atoms with Gasteiger partial charge in [-0.2, -0.15) is 0 Å². The summed E-state index contributed by atoms with van der Waals surface area (Å²) in [6, 6.07) is 10.9. The van der Waals surface area contributed by atoms with Crippen molar-refractivity contribution in [1.29, 1.82) is 0 Å². The molecule has 1 atom stereocenters. The second kappa shape index (κ2) is 11.8. The molecule has 0 spiro atoms. The van der Waals surface area contributed by atoms with Gasteiger partial charge in [-0.3, -0.25) is 9.59 Å². The zero-order chi connectivity index (χ0) is 25.5. The molecule has 2 aromatic carbocycles. The quantitative estimate of drug-likeness (QED) is 0.295. The third-order valence-electron chi connectivity index (χ3n) is 6.52. The number of nitrogens with zero attached hydrogens (tertiary/aromatic N) is 1. The van der Waals surface area contributed by atoms with Crippen molar-refractivity contribution in [2.45, 2.75) is 26.3 Å². The fraction of sp³-hybridized carbons (Fsp3) is 0.407. The monoisotopic (exact) mass is 482 g/mol. The Balaban J connectivity index is 2.14. The van der Waals surface area contributed by atoms with Gasteiger partial charge in [0.05, 0.1) is 47.0 Å². The molecule has 1 N–H and O–H groups in total. The Morgan fingerprint density at radius 3 is 2.29 bits per heavy atom. The second-order valence-electron chi connectivity index (χ2n) is 8.37. The molecule has 0 aliphatic carbocycles. The molecule has 1 saturated heterocycles. The summed E-state index contributed by atoms with van der Waals surface area (Å²) in [5.41, 5.74) is 0.722. The van der Waals surface area contributed by atoms with Crippen molar-refractivity contribution in [3.63, 3.8) is 0 Å².